The molecule has 1 fully saturated rings. The number of rotatable bonds is 2. The molecule has 90 valence electrons. The molecule has 17 heavy (non-hydrogen) atoms. The van der Waals surface area contributed by atoms with E-state index in [0.717, 1.165) is 31.9 Å². The summed E-state index contributed by atoms with van der Waals surface area (Å²) in [5.41, 5.74) is 1.22. The van der Waals surface area contributed by atoms with Crippen molar-refractivity contribution in [1.29, 1.82) is 0 Å². The Bertz CT molecular complexity index is 517. The standard InChI is InChI=1S/C13H16N2OS/c1-16-13-10-4-9-17-12(10)3-2-11(13)15-7-5-14-6-8-15/h2-4,9,14H,5-8H2,1H3. The summed E-state index contributed by atoms with van der Waals surface area (Å²) in [6.45, 7) is 4.19. The molecule has 1 aliphatic rings. The van der Waals surface area contributed by atoms with Crippen molar-refractivity contribution in [1.82, 2.24) is 5.32 Å². The SMILES string of the molecule is COc1c(N2CCNCC2)ccc2sccc12. The number of hydrogen-bond acceptors (Lipinski definition) is 4. The average molecular weight is 248 g/mol. The highest BCUT2D eigenvalue weighted by atomic mass is 32.1. The molecule has 1 saturated heterocycles. The topological polar surface area (TPSA) is 24.5 Å². The largest absolute Gasteiger partial charge is 0.494 e. The molecule has 0 spiro atoms. The predicted octanol–water partition coefficient (Wildman–Crippen LogP) is 2.32. The third kappa shape index (κ3) is 1.87. The van der Waals surface area contributed by atoms with E-state index in [-0.39, 0.29) is 0 Å². The highest BCUT2D eigenvalue weighted by Gasteiger charge is 2.17. The number of nitrogens with one attached hydrogen (secondary N) is 1. The van der Waals surface area contributed by atoms with Crippen LogP contribution in [0.25, 0.3) is 10.1 Å². The van der Waals surface area contributed by atoms with E-state index in [4.69, 9.17) is 4.74 Å². The summed E-state index contributed by atoms with van der Waals surface area (Å²) in [5, 5.41) is 6.72. The van der Waals surface area contributed by atoms with Gasteiger partial charge in [0.25, 0.3) is 0 Å². The molecule has 1 aromatic heterocycles. The summed E-state index contributed by atoms with van der Waals surface area (Å²) < 4.78 is 6.91. The van der Waals surface area contributed by atoms with Crippen molar-refractivity contribution in [3.05, 3.63) is 23.6 Å². The Hall–Kier alpha value is -1.26. The van der Waals surface area contributed by atoms with E-state index in [1.807, 2.05) is 0 Å². The van der Waals surface area contributed by atoms with Gasteiger partial charge in [0.1, 0.15) is 0 Å². The molecule has 4 heteroatoms. The van der Waals surface area contributed by atoms with E-state index in [2.05, 4.69) is 33.8 Å². The molecule has 0 radical (unpaired) electrons. The molecule has 0 saturated carbocycles. The van der Waals surface area contributed by atoms with Gasteiger partial charge in [-0.25, -0.2) is 0 Å². The quantitative estimate of drug-likeness (QED) is 0.882. The highest BCUT2D eigenvalue weighted by Crippen LogP contribution is 2.38. The Balaban J connectivity index is 2.07. The Morgan fingerprint density at radius 1 is 1.24 bits per heavy atom. The molecule has 0 bridgehead atoms. The zero-order valence-corrected chi connectivity index (χ0v) is 10.7. The average Bonchev–Trinajstić information content (AvgIpc) is 2.86. The van der Waals surface area contributed by atoms with Crippen molar-refractivity contribution < 1.29 is 4.74 Å². The molecule has 1 N–H and O–H groups in total. The lowest BCUT2D eigenvalue weighted by atomic mass is 10.2. The molecule has 0 amide bonds. The predicted molar refractivity (Wildman–Crippen MR) is 73.5 cm³/mol. The Labute approximate surface area is 105 Å². The van der Waals surface area contributed by atoms with E-state index >= 15 is 0 Å². The van der Waals surface area contributed by atoms with Crippen LogP contribution in [0.3, 0.4) is 0 Å². The molecule has 3 rings (SSSR count). The van der Waals surface area contributed by atoms with E-state index < -0.39 is 0 Å². The molecule has 0 aliphatic carbocycles. The van der Waals surface area contributed by atoms with Crippen molar-refractivity contribution in [2.75, 3.05) is 38.2 Å². The molecule has 1 aliphatic heterocycles. The Kier molecular flexibility index (Phi) is 2.91. The van der Waals surface area contributed by atoms with Gasteiger partial charge in [0.2, 0.25) is 0 Å². The number of fused-ring (bicyclic) bond motifs is 1. The van der Waals surface area contributed by atoms with Gasteiger partial charge in [-0.3, -0.25) is 0 Å². The second-order valence-electron chi connectivity index (χ2n) is 4.19. The van der Waals surface area contributed by atoms with Crippen LogP contribution in [0.4, 0.5) is 5.69 Å². The number of hydrogen-bond donors (Lipinski definition) is 1. The smallest absolute Gasteiger partial charge is 0.150 e. The molecule has 2 heterocycles. The third-order valence-corrected chi connectivity index (χ3v) is 4.11. The summed E-state index contributed by atoms with van der Waals surface area (Å²) in [4.78, 5) is 2.40. The van der Waals surface area contributed by atoms with E-state index in [1.54, 1.807) is 18.4 Å². The van der Waals surface area contributed by atoms with Crippen LogP contribution in [0.1, 0.15) is 0 Å². The van der Waals surface area contributed by atoms with E-state index in [0.29, 0.717) is 0 Å². The fourth-order valence-corrected chi connectivity index (χ4v) is 3.16. The van der Waals surface area contributed by atoms with Crippen molar-refractivity contribution in [2.24, 2.45) is 0 Å². The number of anilines is 1. The van der Waals surface area contributed by atoms with Gasteiger partial charge in [-0.05, 0) is 23.6 Å². The van der Waals surface area contributed by atoms with Gasteiger partial charge in [0.05, 0.1) is 12.8 Å². The van der Waals surface area contributed by atoms with Crippen LogP contribution >= 0.6 is 11.3 Å². The molecule has 0 atom stereocenters. The van der Waals surface area contributed by atoms with E-state index in [9.17, 15) is 0 Å². The molecule has 0 unspecified atom stereocenters. The van der Waals surface area contributed by atoms with Crippen LogP contribution < -0.4 is 15.0 Å². The van der Waals surface area contributed by atoms with Gasteiger partial charge in [0.15, 0.2) is 5.75 Å². The fourth-order valence-electron chi connectivity index (χ4n) is 2.38. The second-order valence-corrected chi connectivity index (χ2v) is 5.14. The van der Waals surface area contributed by atoms with Crippen LogP contribution in [0, 0.1) is 0 Å². The zero-order valence-electron chi connectivity index (χ0n) is 9.90. The fraction of sp³-hybridized carbons (Fsp3) is 0.385. The lowest BCUT2D eigenvalue weighted by molar-refractivity contribution is 0.418. The minimum absolute atomic E-state index is 1.02. The summed E-state index contributed by atoms with van der Waals surface area (Å²) in [7, 11) is 1.76. The van der Waals surface area contributed by atoms with Gasteiger partial charge in [-0.15, -0.1) is 11.3 Å². The first-order valence-electron chi connectivity index (χ1n) is 5.90. The Morgan fingerprint density at radius 2 is 2.06 bits per heavy atom. The minimum Gasteiger partial charge on any atom is -0.494 e. The van der Waals surface area contributed by atoms with Gasteiger partial charge < -0.3 is 15.0 Å². The monoisotopic (exact) mass is 248 g/mol. The van der Waals surface area contributed by atoms with Crippen LogP contribution in [0.5, 0.6) is 5.75 Å². The van der Waals surface area contributed by atoms with Crippen molar-refractivity contribution in [2.45, 2.75) is 0 Å². The molecular formula is C13H16N2OS. The van der Waals surface area contributed by atoms with Crippen molar-refractivity contribution in [3.8, 4) is 5.75 Å². The maximum Gasteiger partial charge on any atom is 0.150 e. The first-order valence-corrected chi connectivity index (χ1v) is 6.78. The maximum atomic E-state index is 5.61. The van der Waals surface area contributed by atoms with Gasteiger partial charge in [0, 0.05) is 36.3 Å². The first kappa shape index (κ1) is 10.9. The number of ether oxygens (including phenoxy) is 1. The molecule has 1 aromatic carbocycles. The van der Waals surface area contributed by atoms with Gasteiger partial charge in [-0.1, -0.05) is 0 Å². The normalized spacial score (nSPS) is 16.4. The lowest BCUT2D eigenvalue weighted by Gasteiger charge is -2.30. The zero-order chi connectivity index (χ0) is 11.7. The van der Waals surface area contributed by atoms with Crippen LogP contribution in [0.2, 0.25) is 0 Å². The van der Waals surface area contributed by atoms with Crippen LogP contribution in [-0.2, 0) is 0 Å². The van der Waals surface area contributed by atoms with E-state index in [1.165, 1.54) is 15.8 Å². The third-order valence-electron chi connectivity index (χ3n) is 3.23. The van der Waals surface area contributed by atoms with Gasteiger partial charge in [-0.2, -0.15) is 0 Å². The van der Waals surface area contributed by atoms with Crippen molar-refractivity contribution >= 4 is 27.1 Å². The number of benzene rings is 1. The first-order chi connectivity index (χ1) is 8.40. The highest BCUT2D eigenvalue weighted by molar-refractivity contribution is 7.17. The lowest BCUT2D eigenvalue weighted by Crippen LogP contribution is -2.43. The summed E-state index contributed by atoms with van der Waals surface area (Å²) in [5.74, 6) is 1.02. The number of nitrogens with zero attached hydrogens (tertiary/aromatic N) is 1. The molecule has 2 aromatic rings. The Morgan fingerprint density at radius 3 is 2.82 bits per heavy atom. The number of thiophene rings is 1. The number of piperazine rings is 1. The van der Waals surface area contributed by atoms with Crippen molar-refractivity contribution in [3.63, 3.8) is 0 Å². The summed E-state index contributed by atoms with van der Waals surface area (Å²) in [6, 6.07) is 6.52. The summed E-state index contributed by atoms with van der Waals surface area (Å²) in [6.07, 6.45) is 0. The summed E-state index contributed by atoms with van der Waals surface area (Å²) >= 11 is 1.76. The minimum atomic E-state index is 1.02. The van der Waals surface area contributed by atoms with Crippen LogP contribution in [0.15, 0.2) is 23.6 Å². The molecular weight excluding hydrogens is 232 g/mol. The molecule has 3 nitrogen and oxygen atoms in total. The second kappa shape index (κ2) is 4.55. The maximum absolute atomic E-state index is 5.61. The number of methoxy groups -OCH3 is 1. The van der Waals surface area contributed by atoms with Gasteiger partial charge >= 0.3 is 0 Å². The van der Waals surface area contributed by atoms with Crippen LogP contribution in [-0.4, -0.2) is 33.3 Å².